The van der Waals surface area contributed by atoms with Crippen molar-refractivity contribution in [2.24, 2.45) is 0 Å². The first kappa shape index (κ1) is 11.5. The van der Waals surface area contributed by atoms with Gasteiger partial charge in [0.2, 0.25) is 0 Å². The molecule has 0 radical (unpaired) electrons. The van der Waals surface area contributed by atoms with E-state index in [4.69, 9.17) is 0 Å². The summed E-state index contributed by atoms with van der Waals surface area (Å²) in [6.45, 7) is 1.92. The van der Waals surface area contributed by atoms with Crippen molar-refractivity contribution < 1.29 is 13.2 Å². The Kier molecular flexibility index (Phi) is 2.38. The molecule has 0 bridgehead atoms. The number of rotatable bonds is 1. The average molecular weight is 266 g/mol. The van der Waals surface area contributed by atoms with Gasteiger partial charge in [-0.1, -0.05) is 18.2 Å². The van der Waals surface area contributed by atoms with Gasteiger partial charge in [0.1, 0.15) is 0 Å². The highest BCUT2D eigenvalue weighted by Crippen LogP contribution is 2.31. The van der Waals surface area contributed by atoms with Gasteiger partial charge in [0.05, 0.1) is 23.6 Å². The average Bonchev–Trinajstić information content (AvgIpc) is 2.70. The predicted octanol–water partition coefficient (Wildman–Crippen LogP) is 0.690. The zero-order valence-electron chi connectivity index (χ0n) is 9.96. The SMILES string of the molecule is Cc1ccccc1N1C(=O)N[C@H]2CS(=O)(=O)C[C@@H]21. The molecule has 2 aliphatic rings. The number of aryl methyl sites for hydroxylation is 1. The molecule has 2 aliphatic heterocycles. The number of benzene rings is 1. The standard InChI is InChI=1S/C12H14N2O3S/c1-8-4-2-3-5-10(8)14-11-7-18(16,17)6-9(11)13-12(14)15/h2-5,9,11H,6-7H2,1H3,(H,13,15)/t9-,11-/m0/s1. The van der Waals surface area contributed by atoms with Gasteiger partial charge in [-0.05, 0) is 18.6 Å². The zero-order valence-corrected chi connectivity index (χ0v) is 10.8. The van der Waals surface area contributed by atoms with Gasteiger partial charge in [0.25, 0.3) is 0 Å². The van der Waals surface area contributed by atoms with Crippen LogP contribution >= 0.6 is 0 Å². The maximum absolute atomic E-state index is 12.0. The molecule has 96 valence electrons. The van der Waals surface area contributed by atoms with Crippen molar-refractivity contribution in [3.05, 3.63) is 29.8 Å². The number of nitrogens with one attached hydrogen (secondary N) is 1. The number of anilines is 1. The van der Waals surface area contributed by atoms with Crippen molar-refractivity contribution in [1.29, 1.82) is 0 Å². The molecule has 3 rings (SSSR count). The third-order valence-electron chi connectivity index (χ3n) is 3.56. The summed E-state index contributed by atoms with van der Waals surface area (Å²) in [4.78, 5) is 13.6. The molecule has 1 aromatic carbocycles. The molecule has 0 unspecified atom stereocenters. The summed E-state index contributed by atoms with van der Waals surface area (Å²) in [5.41, 5.74) is 1.76. The fourth-order valence-corrected chi connectivity index (χ4v) is 4.61. The molecule has 1 aromatic rings. The fourth-order valence-electron chi connectivity index (χ4n) is 2.72. The number of hydrogen-bond acceptors (Lipinski definition) is 3. The summed E-state index contributed by atoms with van der Waals surface area (Å²) in [6, 6.07) is 6.77. The third kappa shape index (κ3) is 1.68. The summed E-state index contributed by atoms with van der Waals surface area (Å²) in [5, 5.41) is 2.76. The van der Waals surface area contributed by atoms with E-state index in [1.54, 1.807) is 4.90 Å². The highest BCUT2D eigenvalue weighted by molar-refractivity contribution is 7.91. The Bertz CT molecular complexity index is 612. The second kappa shape index (κ2) is 3.71. The molecule has 2 saturated heterocycles. The van der Waals surface area contributed by atoms with Crippen LogP contribution in [0, 0.1) is 6.92 Å². The van der Waals surface area contributed by atoms with Gasteiger partial charge in [-0.2, -0.15) is 0 Å². The van der Waals surface area contributed by atoms with E-state index in [9.17, 15) is 13.2 Å². The normalized spacial score (nSPS) is 29.2. The highest BCUT2D eigenvalue weighted by Gasteiger charge is 2.49. The minimum Gasteiger partial charge on any atom is -0.332 e. The number of nitrogens with zero attached hydrogens (tertiary/aromatic N) is 1. The molecule has 2 heterocycles. The van der Waals surface area contributed by atoms with Crippen molar-refractivity contribution in [3.63, 3.8) is 0 Å². The maximum atomic E-state index is 12.0. The van der Waals surface area contributed by atoms with Gasteiger partial charge < -0.3 is 5.32 Å². The number of amides is 2. The van der Waals surface area contributed by atoms with Crippen molar-refractivity contribution >= 4 is 21.6 Å². The predicted molar refractivity (Wildman–Crippen MR) is 68.4 cm³/mol. The molecule has 1 N–H and O–H groups in total. The monoisotopic (exact) mass is 266 g/mol. The Morgan fingerprint density at radius 2 is 2.00 bits per heavy atom. The number of hydrogen-bond donors (Lipinski definition) is 1. The van der Waals surface area contributed by atoms with Crippen LogP contribution < -0.4 is 10.2 Å². The summed E-state index contributed by atoms with van der Waals surface area (Å²) < 4.78 is 23.3. The Morgan fingerprint density at radius 3 is 2.72 bits per heavy atom. The molecular weight excluding hydrogens is 252 g/mol. The van der Waals surface area contributed by atoms with Crippen LogP contribution in [0.2, 0.25) is 0 Å². The molecule has 5 nitrogen and oxygen atoms in total. The van der Waals surface area contributed by atoms with E-state index in [1.807, 2.05) is 31.2 Å². The number of para-hydroxylation sites is 1. The summed E-state index contributed by atoms with van der Waals surface area (Å²) in [7, 11) is -3.04. The Balaban J connectivity index is 2.02. The van der Waals surface area contributed by atoms with Gasteiger partial charge in [-0.15, -0.1) is 0 Å². The topological polar surface area (TPSA) is 66.5 Å². The van der Waals surface area contributed by atoms with Crippen LogP contribution in [0.1, 0.15) is 5.56 Å². The van der Waals surface area contributed by atoms with Gasteiger partial charge in [0, 0.05) is 5.69 Å². The smallest absolute Gasteiger partial charge is 0.322 e. The molecule has 6 heteroatoms. The quantitative estimate of drug-likeness (QED) is 0.761. The van der Waals surface area contributed by atoms with Crippen molar-refractivity contribution in [3.8, 4) is 0 Å². The van der Waals surface area contributed by atoms with Gasteiger partial charge in [0.15, 0.2) is 9.84 Å². The number of carbonyl (C=O) groups excluding carboxylic acids is 1. The van der Waals surface area contributed by atoms with Crippen LogP contribution in [0.3, 0.4) is 0 Å². The van der Waals surface area contributed by atoms with Crippen LogP contribution in [-0.4, -0.2) is 38.0 Å². The molecule has 18 heavy (non-hydrogen) atoms. The molecule has 0 aromatic heterocycles. The molecule has 2 fully saturated rings. The first-order valence-electron chi connectivity index (χ1n) is 5.84. The summed E-state index contributed by atoms with van der Waals surface area (Å²) in [5.74, 6) is 0.0938. The van der Waals surface area contributed by atoms with E-state index < -0.39 is 9.84 Å². The minimum atomic E-state index is -3.04. The molecule has 0 spiro atoms. The van der Waals surface area contributed by atoms with Crippen LogP contribution in [-0.2, 0) is 9.84 Å². The number of urea groups is 1. The third-order valence-corrected chi connectivity index (χ3v) is 5.27. The zero-order chi connectivity index (χ0) is 12.9. The second-order valence-electron chi connectivity index (χ2n) is 4.86. The Morgan fingerprint density at radius 1 is 1.28 bits per heavy atom. The summed E-state index contributed by atoms with van der Waals surface area (Å²) >= 11 is 0. The maximum Gasteiger partial charge on any atom is 0.322 e. The van der Waals surface area contributed by atoms with Gasteiger partial charge in [-0.3, -0.25) is 4.90 Å². The largest absolute Gasteiger partial charge is 0.332 e. The molecule has 2 atom stereocenters. The van der Waals surface area contributed by atoms with Crippen molar-refractivity contribution in [1.82, 2.24) is 5.32 Å². The lowest BCUT2D eigenvalue weighted by molar-refractivity contribution is 0.251. The number of sulfone groups is 1. The minimum absolute atomic E-state index is 0.0464. The fraction of sp³-hybridized carbons (Fsp3) is 0.417. The summed E-state index contributed by atoms with van der Waals surface area (Å²) in [6.07, 6.45) is 0. The second-order valence-corrected chi connectivity index (χ2v) is 7.01. The lowest BCUT2D eigenvalue weighted by Gasteiger charge is -2.23. The number of fused-ring (bicyclic) bond motifs is 1. The van der Waals surface area contributed by atoms with Crippen LogP contribution in [0.25, 0.3) is 0 Å². The lowest BCUT2D eigenvalue weighted by Crippen LogP contribution is -2.37. The Hall–Kier alpha value is -1.56. The molecule has 2 amide bonds. The van der Waals surface area contributed by atoms with E-state index in [0.717, 1.165) is 11.3 Å². The Labute approximate surface area is 106 Å². The van der Waals surface area contributed by atoms with E-state index in [-0.39, 0.29) is 29.6 Å². The van der Waals surface area contributed by atoms with Crippen LogP contribution in [0.5, 0.6) is 0 Å². The van der Waals surface area contributed by atoms with E-state index in [0.29, 0.717) is 0 Å². The number of carbonyl (C=O) groups is 1. The molecular formula is C12H14N2O3S. The van der Waals surface area contributed by atoms with E-state index >= 15 is 0 Å². The highest BCUT2D eigenvalue weighted by atomic mass is 32.2. The van der Waals surface area contributed by atoms with Gasteiger partial charge >= 0.3 is 6.03 Å². The van der Waals surface area contributed by atoms with Crippen LogP contribution in [0.4, 0.5) is 10.5 Å². The van der Waals surface area contributed by atoms with E-state index in [1.165, 1.54) is 0 Å². The molecule has 0 aliphatic carbocycles. The van der Waals surface area contributed by atoms with Crippen LogP contribution in [0.15, 0.2) is 24.3 Å². The van der Waals surface area contributed by atoms with Crippen molar-refractivity contribution in [2.45, 2.75) is 19.0 Å². The first-order chi connectivity index (χ1) is 8.48. The lowest BCUT2D eigenvalue weighted by atomic mass is 10.1. The van der Waals surface area contributed by atoms with E-state index in [2.05, 4.69) is 5.32 Å². The van der Waals surface area contributed by atoms with Gasteiger partial charge in [-0.25, -0.2) is 13.2 Å². The molecule has 0 saturated carbocycles. The van der Waals surface area contributed by atoms with Crippen molar-refractivity contribution in [2.75, 3.05) is 16.4 Å². The first-order valence-corrected chi connectivity index (χ1v) is 7.66.